The van der Waals surface area contributed by atoms with E-state index in [4.69, 9.17) is 0 Å². The van der Waals surface area contributed by atoms with Crippen molar-refractivity contribution in [3.05, 3.63) is 23.7 Å². The molecule has 0 saturated carbocycles. The summed E-state index contributed by atoms with van der Waals surface area (Å²) in [7, 11) is 0. The highest BCUT2D eigenvalue weighted by molar-refractivity contribution is 8.00. The van der Waals surface area contributed by atoms with Crippen LogP contribution in [0.3, 0.4) is 0 Å². The predicted octanol–water partition coefficient (Wildman–Crippen LogP) is 3.54. The van der Waals surface area contributed by atoms with Crippen LogP contribution in [0.15, 0.2) is 17.4 Å². The number of hydrogen-bond donors (Lipinski definition) is 0. The first-order valence-corrected chi connectivity index (χ1v) is 8.00. The molecular weight excluding hydrogens is 290 g/mol. The molecule has 0 saturated heterocycles. The number of hydrogen-bond acceptors (Lipinski definition) is 6. The fraction of sp³-hybridized carbons (Fsp3) is 0.286. The summed E-state index contributed by atoms with van der Waals surface area (Å²) in [6.45, 7) is 5.66. The molecule has 0 aliphatic heterocycles. The summed E-state index contributed by atoms with van der Waals surface area (Å²) in [4.78, 5) is 25.4. The molecule has 3 aromatic heterocycles. The van der Waals surface area contributed by atoms with Crippen molar-refractivity contribution < 1.29 is 4.79 Å². The quantitative estimate of drug-likeness (QED) is 0.547. The number of pyridine rings is 1. The third kappa shape index (κ3) is 2.29. The van der Waals surface area contributed by atoms with Crippen LogP contribution in [0.2, 0.25) is 0 Å². The molecule has 3 aromatic rings. The molecule has 0 aliphatic rings. The summed E-state index contributed by atoms with van der Waals surface area (Å²) in [5.41, 5.74) is 3.13. The van der Waals surface area contributed by atoms with Gasteiger partial charge >= 0.3 is 0 Å². The van der Waals surface area contributed by atoms with Gasteiger partial charge in [0.15, 0.2) is 0 Å². The van der Waals surface area contributed by atoms with Crippen molar-refractivity contribution in [1.82, 2.24) is 15.0 Å². The molecule has 0 aliphatic carbocycles. The number of aromatic nitrogens is 3. The number of carbonyl (C=O) groups excluding carboxylic acids is 1. The molecule has 0 unspecified atom stereocenters. The SMILES string of the molecule is CC(=O)CSc1ncnc2c1sc1nc(C)cc(C)c12. The monoisotopic (exact) mass is 303 g/mol. The van der Waals surface area contributed by atoms with Gasteiger partial charge in [0.1, 0.15) is 22.0 Å². The molecule has 3 heterocycles. The van der Waals surface area contributed by atoms with Crippen molar-refractivity contribution in [3.63, 3.8) is 0 Å². The Kier molecular flexibility index (Phi) is 3.43. The minimum atomic E-state index is 0.146. The van der Waals surface area contributed by atoms with E-state index < -0.39 is 0 Å². The van der Waals surface area contributed by atoms with Gasteiger partial charge in [-0.15, -0.1) is 11.3 Å². The largest absolute Gasteiger partial charge is 0.299 e. The van der Waals surface area contributed by atoms with Gasteiger partial charge in [-0.1, -0.05) is 11.8 Å². The number of thioether (sulfide) groups is 1. The number of fused-ring (bicyclic) bond motifs is 3. The molecule has 6 heteroatoms. The van der Waals surface area contributed by atoms with E-state index in [2.05, 4.69) is 27.9 Å². The zero-order valence-corrected chi connectivity index (χ0v) is 13.1. The Morgan fingerprint density at radius 2 is 2.15 bits per heavy atom. The molecule has 0 spiro atoms. The second-order valence-electron chi connectivity index (χ2n) is 4.71. The minimum Gasteiger partial charge on any atom is -0.299 e. The number of rotatable bonds is 3. The number of thiophene rings is 1. The first-order valence-electron chi connectivity index (χ1n) is 6.20. The highest BCUT2D eigenvalue weighted by Crippen LogP contribution is 2.37. The minimum absolute atomic E-state index is 0.146. The molecule has 0 atom stereocenters. The van der Waals surface area contributed by atoms with Gasteiger partial charge in [-0.05, 0) is 32.4 Å². The smallest absolute Gasteiger partial charge is 0.140 e. The Labute approximate surface area is 124 Å². The topological polar surface area (TPSA) is 55.7 Å². The normalized spacial score (nSPS) is 11.3. The Morgan fingerprint density at radius 1 is 1.35 bits per heavy atom. The van der Waals surface area contributed by atoms with Gasteiger partial charge < -0.3 is 0 Å². The Hall–Kier alpha value is -1.53. The average Bonchev–Trinajstić information content (AvgIpc) is 2.74. The molecule has 20 heavy (non-hydrogen) atoms. The third-order valence-electron chi connectivity index (χ3n) is 2.93. The van der Waals surface area contributed by atoms with Gasteiger partial charge in [0.2, 0.25) is 0 Å². The van der Waals surface area contributed by atoms with Crippen molar-refractivity contribution in [1.29, 1.82) is 0 Å². The first kappa shape index (κ1) is 13.5. The number of nitrogens with zero attached hydrogens (tertiary/aromatic N) is 3. The van der Waals surface area contributed by atoms with E-state index in [1.807, 2.05) is 6.92 Å². The van der Waals surface area contributed by atoms with Crippen LogP contribution in [0.1, 0.15) is 18.2 Å². The lowest BCUT2D eigenvalue weighted by Crippen LogP contribution is -1.94. The molecule has 0 aromatic carbocycles. The highest BCUT2D eigenvalue weighted by atomic mass is 32.2. The van der Waals surface area contributed by atoms with Gasteiger partial charge in [0, 0.05) is 11.1 Å². The van der Waals surface area contributed by atoms with Crippen LogP contribution >= 0.6 is 23.1 Å². The standard InChI is InChI=1S/C14H13N3OS2/c1-7-4-8(2)17-13-10(7)11-12(20-13)14(16-6-15-11)19-5-9(3)18/h4,6H,5H2,1-3H3. The van der Waals surface area contributed by atoms with E-state index in [1.54, 1.807) is 24.6 Å². The van der Waals surface area contributed by atoms with E-state index in [1.165, 1.54) is 17.3 Å². The summed E-state index contributed by atoms with van der Waals surface area (Å²) < 4.78 is 1.02. The summed E-state index contributed by atoms with van der Waals surface area (Å²) in [6.07, 6.45) is 1.57. The molecular formula is C14H13N3OS2. The Balaban J connectivity index is 2.25. The number of Topliss-reactive ketones (excluding diaryl/α,β-unsaturated/α-hetero) is 1. The van der Waals surface area contributed by atoms with Gasteiger partial charge in [-0.25, -0.2) is 15.0 Å². The number of carbonyl (C=O) groups is 1. The fourth-order valence-electron chi connectivity index (χ4n) is 2.16. The average molecular weight is 303 g/mol. The van der Waals surface area contributed by atoms with E-state index in [-0.39, 0.29) is 5.78 Å². The van der Waals surface area contributed by atoms with E-state index in [0.717, 1.165) is 31.2 Å². The van der Waals surface area contributed by atoms with Gasteiger partial charge in [-0.2, -0.15) is 0 Å². The molecule has 102 valence electrons. The lowest BCUT2D eigenvalue weighted by atomic mass is 10.1. The van der Waals surface area contributed by atoms with E-state index >= 15 is 0 Å². The molecule has 0 amide bonds. The summed E-state index contributed by atoms with van der Waals surface area (Å²) in [5, 5.41) is 1.97. The van der Waals surface area contributed by atoms with E-state index in [0.29, 0.717) is 5.75 Å². The highest BCUT2D eigenvalue weighted by Gasteiger charge is 2.15. The van der Waals surface area contributed by atoms with Crippen molar-refractivity contribution in [2.24, 2.45) is 0 Å². The van der Waals surface area contributed by atoms with Crippen molar-refractivity contribution in [2.75, 3.05) is 5.75 Å². The third-order valence-corrected chi connectivity index (χ3v) is 5.27. The summed E-state index contributed by atoms with van der Waals surface area (Å²) >= 11 is 3.07. The van der Waals surface area contributed by atoms with Crippen LogP contribution in [0.25, 0.3) is 20.4 Å². The number of ketones is 1. The second kappa shape index (κ2) is 5.10. The zero-order valence-electron chi connectivity index (χ0n) is 11.4. The first-order chi connectivity index (χ1) is 9.56. The van der Waals surface area contributed by atoms with Crippen LogP contribution in [-0.4, -0.2) is 26.5 Å². The van der Waals surface area contributed by atoms with E-state index in [9.17, 15) is 4.79 Å². The van der Waals surface area contributed by atoms with Crippen LogP contribution in [0, 0.1) is 13.8 Å². The van der Waals surface area contributed by atoms with Gasteiger partial charge in [-0.3, -0.25) is 4.79 Å². The fourth-order valence-corrected chi connectivity index (χ4v) is 4.29. The maximum atomic E-state index is 11.2. The lowest BCUT2D eigenvalue weighted by molar-refractivity contribution is -0.114. The molecule has 0 bridgehead atoms. The Bertz CT molecular complexity index is 826. The van der Waals surface area contributed by atoms with Gasteiger partial charge in [0.05, 0.1) is 16.0 Å². The van der Waals surface area contributed by atoms with Crippen LogP contribution in [-0.2, 0) is 4.79 Å². The predicted molar refractivity (Wildman–Crippen MR) is 83.6 cm³/mol. The molecule has 0 fully saturated rings. The second-order valence-corrected chi connectivity index (χ2v) is 6.67. The summed E-state index contributed by atoms with van der Waals surface area (Å²) in [6, 6.07) is 2.07. The van der Waals surface area contributed by atoms with Crippen molar-refractivity contribution in [3.8, 4) is 0 Å². The number of aryl methyl sites for hydroxylation is 2. The maximum absolute atomic E-state index is 11.2. The molecule has 0 radical (unpaired) electrons. The summed E-state index contributed by atoms with van der Waals surface area (Å²) in [5.74, 6) is 0.583. The van der Waals surface area contributed by atoms with Crippen molar-refractivity contribution in [2.45, 2.75) is 25.8 Å². The van der Waals surface area contributed by atoms with Crippen LogP contribution in [0.5, 0.6) is 0 Å². The Morgan fingerprint density at radius 3 is 2.90 bits per heavy atom. The molecule has 0 N–H and O–H groups in total. The molecule has 4 nitrogen and oxygen atoms in total. The molecule has 3 rings (SSSR count). The maximum Gasteiger partial charge on any atom is 0.140 e. The van der Waals surface area contributed by atoms with Crippen LogP contribution < -0.4 is 0 Å². The lowest BCUT2D eigenvalue weighted by Gasteiger charge is -2.00. The van der Waals surface area contributed by atoms with Crippen LogP contribution in [0.4, 0.5) is 0 Å². The zero-order chi connectivity index (χ0) is 14.3. The van der Waals surface area contributed by atoms with Gasteiger partial charge in [0.25, 0.3) is 0 Å². The van der Waals surface area contributed by atoms with Crippen molar-refractivity contribution >= 4 is 49.3 Å².